The highest BCUT2D eigenvalue weighted by Gasteiger charge is 2.21. The normalized spacial score (nSPS) is 15.7. The van der Waals surface area contributed by atoms with Crippen molar-refractivity contribution < 1.29 is 9.21 Å². The summed E-state index contributed by atoms with van der Waals surface area (Å²) < 4.78 is 6.75. The minimum absolute atomic E-state index is 0.0427. The Morgan fingerprint density at radius 2 is 2.12 bits per heavy atom. The molecule has 24 heavy (non-hydrogen) atoms. The fourth-order valence-electron chi connectivity index (χ4n) is 3.10. The molecule has 0 atom stereocenters. The number of halogens is 1. The summed E-state index contributed by atoms with van der Waals surface area (Å²) >= 11 is 6.03. The molecular formula is C16H16ClN5O2. The van der Waals surface area contributed by atoms with Gasteiger partial charge in [-0.05, 0) is 36.6 Å². The lowest BCUT2D eigenvalue weighted by Crippen LogP contribution is -2.38. The van der Waals surface area contributed by atoms with Gasteiger partial charge in [0.25, 0.3) is 0 Å². The summed E-state index contributed by atoms with van der Waals surface area (Å²) in [6.45, 7) is 0. The third kappa shape index (κ3) is 2.75. The van der Waals surface area contributed by atoms with Crippen molar-refractivity contribution in [3.63, 3.8) is 0 Å². The number of nitrogens with zero attached hydrogens (tertiary/aromatic N) is 4. The lowest BCUT2D eigenvalue weighted by Gasteiger charge is -2.22. The predicted molar refractivity (Wildman–Crippen MR) is 88.8 cm³/mol. The van der Waals surface area contributed by atoms with Gasteiger partial charge in [-0.25, -0.2) is 19.3 Å². The third-order valence-corrected chi connectivity index (χ3v) is 4.44. The maximum Gasteiger partial charge on any atom is 0.328 e. The Hall–Kier alpha value is -2.41. The molecule has 1 saturated carbocycles. The Bertz CT molecular complexity index is 868. The number of fused-ring (bicyclic) bond motifs is 1. The molecule has 1 aliphatic carbocycles. The van der Waals surface area contributed by atoms with E-state index in [-0.39, 0.29) is 17.4 Å². The van der Waals surface area contributed by atoms with E-state index in [9.17, 15) is 4.79 Å². The number of imidazole rings is 1. The lowest BCUT2D eigenvalue weighted by atomic mass is 9.96. The number of hydrogen-bond donors (Lipinski definition) is 1. The van der Waals surface area contributed by atoms with Gasteiger partial charge in [-0.3, -0.25) is 0 Å². The average Bonchev–Trinajstić information content (AvgIpc) is 3.24. The summed E-state index contributed by atoms with van der Waals surface area (Å²) in [6.07, 6.45) is 8.52. The highest BCUT2D eigenvalue weighted by atomic mass is 35.5. The van der Waals surface area contributed by atoms with Crippen LogP contribution in [0, 0.1) is 0 Å². The summed E-state index contributed by atoms with van der Waals surface area (Å²) in [5, 5.41) is 3.09. The van der Waals surface area contributed by atoms with Crippen molar-refractivity contribution in [2.24, 2.45) is 0 Å². The van der Waals surface area contributed by atoms with Crippen LogP contribution in [0.2, 0.25) is 5.28 Å². The van der Waals surface area contributed by atoms with Gasteiger partial charge >= 0.3 is 6.03 Å². The molecule has 0 bridgehead atoms. The largest absolute Gasteiger partial charge is 0.463 e. The first-order valence-corrected chi connectivity index (χ1v) is 8.35. The maximum atomic E-state index is 12.6. The first-order valence-electron chi connectivity index (χ1n) is 7.98. The first-order chi connectivity index (χ1) is 11.7. The van der Waals surface area contributed by atoms with Crippen LogP contribution in [0.3, 0.4) is 0 Å². The Morgan fingerprint density at radius 3 is 2.88 bits per heavy atom. The number of furan rings is 1. The number of nitrogens with one attached hydrogen (secondary N) is 1. The van der Waals surface area contributed by atoms with Crippen molar-refractivity contribution in [1.82, 2.24) is 24.8 Å². The molecule has 0 spiro atoms. The molecule has 3 aromatic heterocycles. The lowest BCUT2D eigenvalue weighted by molar-refractivity contribution is 0.235. The number of aromatic nitrogens is 4. The quantitative estimate of drug-likeness (QED) is 0.717. The van der Waals surface area contributed by atoms with Gasteiger partial charge in [0.1, 0.15) is 17.5 Å². The topological polar surface area (TPSA) is 85.8 Å². The van der Waals surface area contributed by atoms with Crippen molar-refractivity contribution in [2.45, 2.75) is 38.1 Å². The fraction of sp³-hybridized carbons (Fsp3) is 0.375. The fourth-order valence-corrected chi connectivity index (χ4v) is 3.26. The second-order valence-electron chi connectivity index (χ2n) is 5.89. The van der Waals surface area contributed by atoms with E-state index in [1.54, 1.807) is 18.4 Å². The molecule has 0 saturated heterocycles. The van der Waals surface area contributed by atoms with E-state index in [2.05, 4.69) is 20.3 Å². The molecule has 3 heterocycles. The second-order valence-corrected chi connectivity index (χ2v) is 6.23. The van der Waals surface area contributed by atoms with E-state index < -0.39 is 0 Å². The molecule has 3 aromatic rings. The standard InChI is InChI=1S/C16H16ClN5O2/c17-15-20-12(11-7-4-8-24-11)13-14(21-15)22(9-18-13)16(23)19-10-5-2-1-3-6-10/h4,7-10H,1-3,5-6H2,(H,19,23). The summed E-state index contributed by atoms with van der Waals surface area (Å²) in [6, 6.07) is 3.47. The van der Waals surface area contributed by atoms with Crippen LogP contribution in [0.1, 0.15) is 32.1 Å². The zero-order valence-electron chi connectivity index (χ0n) is 12.9. The minimum Gasteiger partial charge on any atom is -0.463 e. The van der Waals surface area contributed by atoms with E-state index in [4.69, 9.17) is 16.0 Å². The van der Waals surface area contributed by atoms with Crippen molar-refractivity contribution in [3.05, 3.63) is 30.0 Å². The van der Waals surface area contributed by atoms with Crippen LogP contribution in [0.15, 0.2) is 29.1 Å². The molecule has 0 radical (unpaired) electrons. The molecule has 4 rings (SSSR count). The summed E-state index contributed by atoms with van der Waals surface area (Å²) in [4.78, 5) is 25.2. The van der Waals surface area contributed by atoms with Crippen LogP contribution < -0.4 is 5.32 Å². The molecule has 1 aliphatic rings. The van der Waals surface area contributed by atoms with E-state index in [1.807, 2.05) is 0 Å². The highest BCUT2D eigenvalue weighted by molar-refractivity contribution is 6.28. The van der Waals surface area contributed by atoms with E-state index >= 15 is 0 Å². The summed E-state index contributed by atoms with van der Waals surface area (Å²) in [7, 11) is 0. The molecular weight excluding hydrogens is 330 g/mol. The van der Waals surface area contributed by atoms with Crippen LogP contribution in [0.4, 0.5) is 4.79 Å². The molecule has 1 fully saturated rings. The predicted octanol–water partition coefficient (Wildman–Crippen LogP) is 3.63. The number of carbonyl (C=O) groups excluding carboxylic acids is 1. The van der Waals surface area contributed by atoms with Gasteiger partial charge in [0.2, 0.25) is 5.28 Å². The third-order valence-electron chi connectivity index (χ3n) is 4.27. The molecule has 0 aromatic carbocycles. The summed E-state index contributed by atoms with van der Waals surface area (Å²) in [5.74, 6) is 0.530. The van der Waals surface area contributed by atoms with Crippen LogP contribution in [0.5, 0.6) is 0 Å². The number of rotatable bonds is 2. The van der Waals surface area contributed by atoms with E-state index in [0.29, 0.717) is 22.6 Å². The monoisotopic (exact) mass is 345 g/mol. The average molecular weight is 346 g/mol. The number of hydrogen-bond acceptors (Lipinski definition) is 5. The molecule has 0 aliphatic heterocycles. The van der Waals surface area contributed by atoms with Crippen molar-refractivity contribution in [2.75, 3.05) is 0 Å². The van der Waals surface area contributed by atoms with Crippen LogP contribution in [-0.4, -0.2) is 31.6 Å². The molecule has 8 heteroatoms. The molecule has 1 amide bonds. The van der Waals surface area contributed by atoms with Crippen molar-refractivity contribution in [3.8, 4) is 11.5 Å². The molecule has 124 valence electrons. The van der Waals surface area contributed by atoms with E-state index in [0.717, 1.165) is 25.7 Å². The van der Waals surface area contributed by atoms with Gasteiger partial charge in [0, 0.05) is 6.04 Å². The van der Waals surface area contributed by atoms with Gasteiger partial charge < -0.3 is 9.73 Å². The zero-order chi connectivity index (χ0) is 16.5. The number of amides is 1. The number of carbonyl (C=O) groups is 1. The Kier molecular flexibility index (Phi) is 3.93. The first kappa shape index (κ1) is 15.1. The van der Waals surface area contributed by atoms with Crippen LogP contribution >= 0.6 is 11.6 Å². The SMILES string of the molecule is O=C(NC1CCCCC1)n1cnc2c(-c3ccco3)nc(Cl)nc21. The molecule has 1 N–H and O–H groups in total. The van der Waals surface area contributed by atoms with Gasteiger partial charge in [-0.15, -0.1) is 0 Å². The zero-order valence-corrected chi connectivity index (χ0v) is 13.7. The van der Waals surface area contributed by atoms with Gasteiger partial charge in [0.05, 0.1) is 6.26 Å². The highest BCUT2D eigenvalue weighted by Crippen LogP contribution is 2.26. The van der Waals surface area contributed by atoms with E-state index in [1.165, 1.54) is 17.3 Å². The van der Waals surface area contributed by atoms with Gasteiger partial charge in [0.15, 0.2) is 11.4 Å². The van der Waals surface area contributed by atoms with Crippen molar-refractivity contribution in [1.29, 1.82) is 0 Å². The van der Waals surface area contributed by atoms with Crippen LogP contribution in [-0.2, 0) is 0 Å². The Balaban J connectivity index is 1.70. The van der Waals surface area contributed by atoms with Gasteiger partial charge in [-0.2, -0.15) is 4.98 Å². The van der Waals surface area contributed by atoms with Gasteiger partial charge in [-0.1, -0.05) is 19.3 Å². The second kappa shape index (κ2) is 6.24. The Labute approximate surface area is 143 Å². The maximum absolute atomic E-state index is 12.6. The van der Waals surface area contributed by atoms with Crippen molar-refractivity contribution >= 4 is 28.8 Å². The van der Waals surface area contributed by atoms with Crippen LogP contribution in [0.25, 0.3) is 22.6 Å². The summed E-state index contributed by atoms with van der Waals surface area (Å²) in [5.41, 5.74) is 1.32. The molecule has 0 unspecified atom stereocenters. The minimum atomic E-state index is -0.246. The Morgan fingerprint density at radius 1 is 1.29 bits per heavy atom. The molecule has 7 nitrogen and oxygen atoms in total. The smallest absolute Gasteiger partial charge is 0.328 e.